The van der Waals surface area contributed by atoms with E-state index in [4.69, 9.17) is 22.1 Å². The van der Waals surface area contributed by atoms with Crippen LogP contribution in [0.25, 0.3) is 0 Å². The molecule has 0 saturated carbocycles. The van der Waals surface area contributed by atoms with Crippen molar-refractivity contribution in [3.63, 3.8) is 0 Å². The summed E-state index contributed by atoms with van der Waals surface area (Å²) < 4.78 is 5.89. The van der Waals surface area contributed by atoms with Crippen LogP contribution in [-0.4, -0.2) is 29.8 Å². The summed E-state index contributed by atoms with van der Waals surface area (Å²) in [6, 6.07) is 3.80. The molecule has 2 N–H and O–H groups in total. The van der Waals surface area contributed by atoms with E-state index in [1.807, 2.05) is 12.1 Å². The van der Waals surface area contributed by atoms with Crippen molar-refractivity contribution in [3.05, 3.63) is 22.8 Å². The second kappa shape index (κ2) is 5.03. The summed E-state index contributed by atoms with van der Waals surface area (Å²) in [5.74, 6) is 0.920. The van der Waals surface area contributed by atoms with Crippen LogP contribution < -0.4 is 10.6 Å². The second-order valence-electron chi connectivity index (χ2n) is 5.37. The number of nitrogens with two attached hydrogens (primary N) is 1. The quantitative estimate of drug-likeness (QED) is 0.894. The molecule has 5 heteroatoms. The second-order valence-corrected chi connectivity index (χ2v) is 5.78. The number of hydrogen-bond donors (Lipinski definition) is 1. The summed E-state index contributed by atoms with van der Waals surface area (Å²) in [6.45, 7) is 8.27. The highest BCUT2D eigenvalue weighted by molar-refractivity contribution is 6.31. The van der Waals surface area contributed by atoms with E-state index in [0.717, 1.165) is 24.6 Å². The summed E-state index contributed by atoms with van der Waals surface area (Å²) in [7, 11) is 0. The van der Waals surface area contributed by atoms with Gasteiger partial charge in [-0.2, -0.15) is 0 Å². The molecular formula is C13H20ClN3O. The third-order valence-corrected chi connectivity index (χ3v) is 3.33. The predicted octanol–water partition coefficient (Wildman–Crippen LogP) is 2.20. The molecule has 0 amide bonds. The smallest absolute Gasteiger partial charge is 0.129 e. The Morgan fingerprint density at radius 1 is 1.56 bits per heavy atom. The third-order valence-electron chi connectivity index (χ3n) is 2.99. The topological polar surface area (TPSA) is 51.4 Å². The van der Waals surface area contributed by atoms with Crippen LogP contribution in [0.15, 0.2) is 12.1 Å². The maximum atomic E-state index is 6.03. The Labute approximate surface area is 113 Å². The molecule has 0 aromatic carbocycles. The number of halogens is 1. The maximum absolute atomic E-state index is 6.03. The van der Waals surface area contributed by atoms with Gasteiger partial charge in [-0.25, -0.2) is 4.98 Å². The fraction of sp³-hybridized carbons (Fsp3) is 0.615. The largest absolute Gasteiger partial charge is 0.369 e. The molecule has 2 heterocycles. The first-order valence-corrected chi connectivity index (χ1v) is 6.57. The average Bonchev–Trinajstić information content (AvgIpc) is 2.27. The summed E-state index contributed by atoms with van der Waals surface area (Å²) >= 11 is 6.03. The maximum Gasteiger partial charge on any atom is 0.129 e. The van der Waals surface area contributed by atoms with Crippen LogP contribution in [0.2, 0.25) is 5.02 Å². The van der Waals surface area contributed by atoms with Gasteiger partial charge in [0.05, 0.1) is 22.4 Å². The van der Waals surface area contributed by atoms with Crippen molar-refractivity contribution in [1.29, 1.82) is 0 Å². The first-order chi connectivity index (χ1) is 8.41. The number of pyridine rings is 1. The first-order valence-electron chi connectivity index (χ1n) is 6.19. The van der Waals surface area contributed by atoms with Crippen LogP contribution in [0.4, 0.5) is 5.82 Å². The fourth-order valence-corrected chi connectivity index (χ4v) is 2.60. The van der Waals surface area contributed by atoms with Gasteiger partial charge in [-0.3, -0.25) is 0 Å². The predicted molar refractivity (Wildman–Crippen MR) is 74.0 cm³/mol. The van der Waals surface area contributed by atoms with Gasteiger partial charge in [0.25, 0.3) is 0 Å². The van der Waals surface area contributed by atoms with Crippen molar-refractivity contribution in [1.82, 2.24) is 4.98 Å². The monoisotopic (exact) mass is 269 g/mol. The van der Waals surface area contributed by atoms with Crippen molar-refractivity contribution in [3.8, 4) is 0 Å². The fourth-order valence-electron chi connectivity index (χ4n) is 2.42. The summed E-state index contributed by atoms with van der Waals surface area (Å²) in [5, 5.41) is 0.627. The molecule has 1 aromatic rings. The minimum absolute atomic E-state index is 0.165. The Hall–Kier alpha value is -0.840. The number of hydrogen-bond acceptors (Lipinski definition) is 4. The van der Waals surface area contributed by atoms with Crippen LogP contribution in [0.3, 0.4) is 0 Å². The Kier molecular flexibility index (Phi) is 3.80. The molecule has 0 radical (unpaired) electrons. The molecule has 1 aliphatic rings. The van der Waals surface area contributed by atoms with E-state index in [0.29, 0.717) is 11.6 Å². The molecule has 0 bridgehead atoms. The number of anilines is 1. The zero-order valence-electron chi connectivity index (χ0n) is 11.1. The number of morpholine rings is 1. The molecule has 0 aliphatic carbocycles. The van der Waals surface area contributed by atoms with Gasteiger partial charge < -0.3 is 15.4 Å². The van der Waals surface area contributed by atoms with E-state index < -0.39 is 0 Å². The highest BCUT2D eigenvalue weighted by Gasteiger charge is 2.32. The Morgan fingerprint density at radius 3 is 2.89 bits per heavy atom. The van der Waals surface area contributed by atoms with Crippen molar-refractivity contribution in [2.45, 2.75) is 39.0 Å². The van der Waals surface area contributed by atoms with E-state index in [1.54, 1.807) is 0 Å². The van der Waals surface area contributed by atoms with Gasteiger partial charge >= 0.3 is 0 Å². The Balaban J connectivity index is 2.25. The lowest BCUT2D eigenvalue weighted by atomic mass is 10.1. The third kappa shape index (κ3) is 2.94. The van der Waals surface area contributed by atoms with Gasteiger partial charge in [0, 0.05) is 19.6 Å². The van der Waals surface area contributed by atoms with Crippen molar-refractivity contribution in [2.24, 2.45) is 5.73 Å². The van der Waals surface area contributed by atoms with Gasteiger partial charge in [-0.05, 0) is 32.9 Å². The molecule has 1 aromatic heterocycles. The molecule has 100 valence electrons. The van der Waals surface area contributed by atoms with E-state index in [9.17, 15) is 0 Å². The van der Waals surface area contributed by atoms with Gasteiger partial charge in [-0.1, -0.05) is 11.6 Å². The number of aromatic nitrogens is 1. The van der Waals surface area contributed by atoms with Crippen LogP contribution in [0, 0.1) is 0 Å². The summed E-state index contributed by atoms with van der Waals surface area (Å²) in [6.07, 6.45) is 0.188. The van der Waals surface area contributed by atoms with Crippen molar-refractivity contribution < 1.29 is 4.74 Å². The normalized spacial score (nSPS) is 23.2. The van der Waals surface area contributed by atoms with Gasteiger partial charge in [0.1, 0.15) is 5.82 Å². The van der Waals surface area contributed by atoms with Crippen molar-refractivity contribution >= 4 is 17.4 Å². The van der Waals surface area contributed by atoms with Crippen LogP contribution >= 0.6 is 11.6 Å². The molecule has 0 spiro atoms. The van der Waals surface area contributed by atoms with E-state index in [1.165, 1.54) is 0 Å². The molecule has 18 heavy (non-hydrogen) atoms. The van der Waals surface area contributed by atoms with E-state index >= 15 is 0 Å². The zero-order valence-corrected chi connectivity index (χ0v) is 11.9. The molecular weight excluding hydrogens is 250 g/mol. The number of rotatable bonds is 2. The highest BCUT2D eigenvalue weighted by Crippen LogP contribution is 2.26. The highest BCUT2D eigenvalue weighted by atomic mass is 35.5. The Morgan fingerprint density at radius 2 is 2.28 bits per heavy atom. The molecule has 2 rings (SSSR count). The van der Waals surface area contributed by atoms with Gasteiger partial charge in [0.15, 0.2) is 0 Å². The summed E-state index contributed by atoms with van der Waals surface area (Å²) in [5.41, 5.74) is 6.22. The zero-order chi connectivity index (χ0) is 13.3. The van der Waals surface area contributed by atoms with Crippen LogP contribution in [0.5, 0.6) is 0 Å². The standard InChI is InChI=1S/C13H20ClN3O/c1-9-7-17(8-13(2,3)18-9)12-5-4-10(14)11(6-15)16-12/h4-5,9H,6-8,15H2,1-3H3. The molecule has 1 saturated heterocycles. The molecule has 4 nitrogen and oxygen atoms in total. The van der Waals surface area contributed by atoms with E-state index in [-0.39, 0.29) is 11.7 Å². The van der Waals surface area contributed by atoms with Crippen molar-refractivity contribution in [2.75, 3.05) is 18.0 Å². The molecule has 1 unspecified atom stereocenters. The van der Waals surface area contributed by atoms with E-state index in [2.05, 4.69) is 30.7 Å². The summed E-state index contributed by atoms with van der Waals surface area (Å²) in [4.78, 5) is 6.75. The Bertz CT molecular complexity index is 436. The minimum Gasteiger partial charge on any atom is -0.369 e. The first kappa shape index (κ1) is 13.6. The van der Waals surface area contributed by atoms with Gasteiger partial charge in [-0.15, -0.1) is 0 Å². The number of nitrogens with zero attached hydrogens (tertiary/aromatic N) is 2. The number of ether oxygens (including phenoxy) is 1. The lowest BCUT2D eigenvalue weighted by Crippen LogP contribution is -2.52. The average molecular weight is 270 g/mol. The molecule has 1 aliphatic heterocycles. The SMILES string of the molecule is CC1CN(c2ccc(Cl)c(CN)n2)CC(C)(C)O1. The minimum atomic E-state index is -0.165. The van der Waals surface area contributed by atoms with Gasteiger partial charge in [0.2, 0.25) is 0 Å². The van der Waals surface area contributed by atoms with Crippen LogP contribution in [-0.2, 0) is 11.3 Å². The van der Waals surface area contributed by atoms with Crippen LogP contribution in [0.1, 0.15) is 26.5 Å². The lowest BCUT2D eigenvalue weighted by molar-refractivity contribution is -0.0751. The lowest BCUT2D eigenvalue weighted by Gasteiger charge is -2.42. The molecule has 1 fully saturated rings. The molecule has 1 atom stereocenters.